The third-order valence-corrected chi connectivity index (χ3v) is 5.00. The second-order valence-electron chi connectivity index (χ2n) is 5.90. The molecule has 0 unspecified atom stereocenters. The zero-order valence-electron chi connectivity index (χ0n) is 14.2. The van der Waals surface area contributed by atoms with E-state index in [0.29, 0.717) is 28.4 Å². The van der Waals surface area contributed by atoms with Gasteiger partial charge in [-0.3, -0.25) is 4.79 Å². The summed E-state index contributed by atoms with van der Waals surface area (Å²) >= 11 is 3.37. The molecule has 0 bridgehead atoms. The van der Waals surface area contributed by atoms with Crippen molar-refractivity contribution in [2.24, 2.45) is 0 Å². The van der Waals surface area contributed by atoms with E-state index < -0.39 is 5.97 Å². The molecule has 0 aliphatic heterocycles. The van der Waals surface area contributed by atoms with Gasteiger partial charge in [0.05, 0.1) is 17.1 Å². The Kier molecular flexibility index (Phi) is 7.09. The summed E-state index contributed by atoms with van der Waals surface area (Å²) in [6, 6.07) is 5.25. The summed E-state index contributed by atoms with van der Waals surface area (Å²) in [5.74, 6) is 0.136. The van der Waals surface area contributed by atoms with E-state index in [0.717, 1.165) is 12.8 Å². The average molecular weight is 398 g/mol. The number of rotatable bonds is 6. The van der Waals surface area contributed by atoms with Crippen LogP contribution in [0.2, 0.25) is 0 Å². The summed E-state index contributed by atoms with van der Waals surface area (Å²) in [5, 5.41) is 0. The van der Waals surface area contributed by atoms with Crippen molar-refractivity contribution >= 4 is 27.8 Å². The van der Waals surface area contributed by atoms with Crippen LogP contribution in [-0.2, 0) is 9.53 Å². The fraction of sp³-hybridized carbons (Fsp3) is 0.556. The van der Waals surface area contributed by atoms with E-state index in [1.807, 2.05) is 11.8 Å². The Labute approximate surface area is 151 Å². The number of benzene rings is 1. The van der Waals surface area contributed by atoms with Crippen LogP contribution in [0.25, 0.3) is 0 Å². The highest BCUT2D eigenvalue weighted by molar-refractivity contribution is 9.10. The number of hydrogen-bond acceptors (Lipinski definition) is 4. The second-order valence-corrected chi connectivity index (χ2v) is 6.75. The molecule has 1 saturated carbocycles. The number of methoxy groups -OCH3 is 1. The fourth-order valence-corrected chi connectivity index (χ4v) is 3.61. The molecule has 1 fully saturated rings. The Morgan fingerprint density at radius 2 is 1.96 bits per heavy atom. The molecule has 0 atom stereocenters. The van der Waals surface area contributed by atoms with E-state index >= 15 is 0 Å². The van der Waals surface area contributed by atoms with Crippen LogP contribution >= 0.6 is 15.9 Å². The van der Waals surface area contributed by atoms with Gasteiger partial charge in [-0.2, -0.15) is 0 Å². The van der Waals surface area contributed by atoms with E-state index in [4.69, 9.17) is 4.74 Å². The van der Waals surface area contributed by atoms with Crippen molar-refractivity contribution in [3.05, 3.63) is 28.2 Å². The summed E-state index contributed by atoms with van der Waals surface area (Å²) in [4.78, 5) is 25.9. The Bertz CT molecular complexity index is 584. The van der Waals surface area contributed by atoms with Crippen molar-refractivity contribution in [2.45, 2.75) is 45.1 Å². The molecule has 1 aromatic carbocycles. The van der Waals surface area contributed by atoms with E-state index in [1.54, 1.807) is 18.2 Å². The monoisotopic (exact) mass is 397 g/mol. The quantitative estimate of drug-likeness (QED) is 0.685. The Morgan fingerprint density at radius 3 is 2.54 bits per heavy atom. The van der Waals surface area contributed by atoms with Gasteiger partial charge >= 0.3 is 5.97 Å². The van der Waals surface area contributed by atoms with E-state index in [2.05, 4.69) is 20.7 Å². The topological polar surface area (TPSA) is 55.8 Å². The molecular weight excluding hydrogens is 374 g/mol. The molecule has 1 amide bonds. The first-order chi connectivity index (χ1) is 11.6. The molecule has 0 N–H and O–H groups in total. The van der Waals surface area contributed by atoms with E-state index in [9.17, 15) is 9.59 Å². The third kappa shape index (κ3) is 4.72. The molecule has 0 spiro atoms. The summed E-state index contributed by atoms with van der Waals surface area (Å²) in [7, 11) is 1.34. The van der Waals surface area contributed by atoms with Crippen LogP contribution < -0.4 is 4.74 Å². The number of likely N-dealkylation sites (N-methyl/N-ethyl adjacent to an activating group) is 1. The van der Waals surface area contributed by atoms with Crippen LogP contribution in [0, 0.1) is 0 Å². The highest BCUT2D eigenvalue weighted by atomic mass is 79.9. The molecular formula is C18H24BrNO4. The van der Waals surface area contributed by atoms with Crippen LogP contribution in [0.15, 0.2) is 22.7 Å². The molecule has 132 valence electrons. The number of hydrogen-bond donors (Lipinski definition) is 0. The maximum atomic E-state index is 12.5. The summed E-state index contributed by atoms with van der Waals surface area (Å²) in [6.45, 7) is 2.71. The minimum absolute atomic E-state index is 0.000507. The maximum absolute atomic E-state index is 12.5. The Balaban J connectivity index is 1.96. The zero-order chi connectivity index (χ0) is 17.5. The Morgan fingerprint density at radius 1 is 1.25 bits per heavy atom. The van der Waals surface area contributed by atoms with Gasteiger partial charge in [-0.1, -0.05) is 19.3 Å². The number of carbonyl (C=O) groups is 2. The van der Waals surface area contributed by atoms with Crippen molar-refractivity contribution in [1.29, 1.82) is 0 Å². The lowest BCUT2D eigenvalue weighted by atomic mass is 9.94. The number of nitrogens with zero attached hydrogens (tertiary/aromatic N) is 1. The molecule has 0 heterocycles. The molecule has 1 aromatic rings. The van der Waals surface area contributed by atoms with Gasteiger partial charge in [0.2, 0.25) is 0 Å². The number of halogens is 1. The van der Waals surface area contributed by atoms with Crippen molar-refractivity contribution in [3.8, 4) is 5.75 Å². The van der Waals surface area contributed by atoms with Crippen molar-refractivity contribution < 1.29 is 19.1 Å². The van der Waals surface area contributed by atoms with Crippen molar-refractivity contribution in [3.63, 3.8) is 0 Å². The predicted octanol–water partition coefficient (Wildman–Crippen LogP) is 3.80. The van der Waals surface area contributed by atoms with Crippen LogP contribution in [0.4, 0.5) is 0 Å². The highest BCUT2D eigenvalue weighted by Gasteiger charge is 2.24. The van der Waals surface area contributed by atoms with Crippen molar-refractivity contribution in [2.75, 3.05) is 20.3 Å². The van der Waals surface area contributed by atoms with Gasteiger partial charge in [0.1, 0.15) is 5.75 Å². The van der Waals surface area contributed by atoms with Gasteiger partial charge in [-0.15, -0.1) is 0 Å². The standard InChI is InChI=1S/C18H24BrNO4/c1-3-20(14-7-5-4-6-8-14)17(21)12-24-16-10-9-13(11-15(16)19)18(22)23-2/h9-11,14H,3-8,12H2,1-2H3. The zero-order valence-corrected chi connectivity index (χ0v) is 15.8. The third-order valence-electron chi connectivity index (χ3n) is 4.38. The molecule has 0 aromatic heterocycles. The normalized spacial score (nSPS) is 15.0. The van der Waals surface area contributed by atoms with Crippen molar-refractivity contribution in [1.82, 2.24) is 4.90 Å². The first-order valence-corrected chi connectivity index (χ1v) is 9.16. The SMILES string of the molecule is CCN(C(=O)COc1ccc(C(=O)OC)cc1Br)C1CCCCC1. The minimum Gasteiger partial charge on any atom is -0.483 e. The van der Waals surface area contributed by atoms with Crippen LogP contribution in [0.5, 0.6) is 5.75 Å². The molecule has 6 heteroatoms. The highest BCUT2D eigenvalue weighted by Crippen LogP contribution is 2.27. The summed E-state index contributed by atoms with van der Waals surface area (Å²) < 4.78 is 11.0. The first-order valence-electron chi connectivity index (χ1n) is 8.37. The lowest BCUT2D eigenvalue weighted by Crippen LogP contribution is -2.43. The number of amides is 1. The molecule has 1 aliphatic carbocycles. The van der Waals surface area contributed by atoms with Gasteiger partial charge in [0, 0.05) is 12.6 Å². The van der Waals surface area contributed by atoms with Crippen LogP contribution in [0.3, 0.4) is 0 Å². The van der Waals surface area contributed by atoms with Gasteiger partial charge < -0.3 is 14.4 Å². The largest absolute Gasteiger partial charge is 0.483 e. The molecule has 0 saturated heterocycles. The van der Waals surface area contributed by atoms with Gasteiger partial charge in [0.15, 0.2) is 6.61 Å². The summed E-state index contributed by atoms with van der Waals surface area (Å²) in [6.07, 6.45) is 5.80. The summed E-state index contributed by atoms with van der Waals surface area (Å²) in [5.41, 5.74) is 0.431. The smallest absolute Gasteiger partial charge is 0.337 e. The first kappa shape index (κ1) is 18.8. The van der Waals surface area contributed by atoms with Gasteiger partial charge in [-0.05, 0) is 53.9 Å². The van der Waals surface area contributed by atoms with Crippen LogP contribution in [-0.4, -0.2) is 43.1 Å². The maximum Gasteiger partial charge on any atom is 0.337 e. The molecule has 24 heavy (non-hydrogen) atoms. The lowest BCUT2D eigenvalue weighted by Gasteiger charge is -2.33. The minimum atomic E-state index is -0.409. The predicted molar refractivity (Wildman–Crippen MR) is 95.2 cm³/mol. The molecule has 5 nitrogen and oxygen atoms in total. The number of carbonyl (C=O) groups excluding carboxylic acids is 2. The average Bonchev–Trinajstić information content (AvgIpc) is 2.61. The van der Waals surface area contributed by atoms with Crippen LogP contribution in [0.1, 0.15) is 49.4 Å². The molecule has 0 radical (unpaired) electrons. The second kappa shape index (κ2) is 9.06. The number of ether oxygens (including phenoxy) is 2. The Hall–Kier alpha value is -1.56. The molecule has 2 rings (SSSR count). The fourth-order valence-electron chi connectivity index (χ4n) is 3.12. The van der Waals surface area contributed by atoms with Gasteiger partial charge in [0.25, 0.3) is 5.91 Å². The van der Waals surface area contributed by atoms with E-state index in [-0.39, 0.29) is 12.5 Å². The number of esters is 1. The van der Waals surface area contributed by atoms with Gasteiger partial charge in [-0.25, -0.2) is 4.79 Å². The molecule has 1 aliphatic rings. The lowest BCUT2D eigenvalue weighted by molar-refractivity contribution is -0.136. The van der Waals surface area contributed by atoms with E-state index in [1.165, 1.54) is 26.4 Å².